The average molecular weight is 355 g/mol. The summed E-state index contributed by atoms with van der Waals surface area (Å²) < 4.78 is 4.62. The standard InChI is InChI=1S/C19H21N3O4/c1-12(2)11-21-17(23)14-8-9-20-16(10-14)18(24)22-15-6-4-13(5-7-15)19(25)26-3/h4-10,12H,11H2,1-3H3,(H,21,23)(H,22,24). The molecule has 2 N–H and O–H groups in total. The molecule has 0 radical (unpaired) electrons. The van der Waals surface area contributed by atoms with Crippen LogP contribution in [0.1, 0.15) is 45.1 Å². The summed E-state index contributed by atoms with van der Waals surface area (Å²) in [5.41, 5.74) is 1.37. The first kappa shape index (κ1) is 19.1. The Morgan fingerprint density at radius 1 is 1.04 bits per heavy atom. The lowest BCUT2D eigenvalue weighted by molar-refractivity contribution is 0.0600. The molecule has 0 unspecified atom stereocenters. The number of benzene rings is 1. The summed E-state index contributed by atoms with van der Waals surface area (Å²) in [6.45, 7) is 4.55. The monoisotopic (exact) mass is 355 g/mol. The fourth-order valence-corrected chi connectivity index (χ4v) is 2.10. The Hall–Kier alpha value is -3.22. The summed E-state index contributed by atoms with van der Waals surface area (Å²) in [6, 6.07) is 9.26. The van der Waals surface area contributed by atoms with Gasteiger partial charge in [0.1, 0.15) is 5.69 Å². The van der Waals surface area contributed by atoms with E-state index < -0.39 is 11.9 Å². The normalized spacial score (nSPS) is 10.3. The van der Waals surface area contributed by atoms with Crippen LogP contribution in [0.3, 0.4) is 0 Å². The summed E-state index contributed by atoms with van der Waals surface area (Å²) in [7, 11) is 1.30. The lowest BCUT2D eigenvalue weighted by Gasteiger charge is -2.09. The average Bonchev–Trinajstić information content (AvgIpc) is 2.66. The molecule has 7 nitrogen and oxygen atoms in total. The Labute approximate surface area is 151 Å². The van der Waals surface area contributed by atoms with Gasteiger partial charge in [-0.2, -0.15) is 0 Å². The molecule has 7 heteroatoms. The number of ether oxygens (including phenoxy) is 1. The van der Waals surface area contributed by atoms with Crippen molar-refractivity contribution >= 4 is 23.5 Å². The molecule has 0 aliphatic heterocycles. The van der Waals surface area contributed by atoms with Gasteiger partial charge in [0.15, 0.2) is 0 Å². The van der Waals surface area contributed by atoms with Crippen molar-refractivity contribution in [2.45, 2.75) is 13.8 Å². The van der Waals surface area contributed by atoms with E-state index in [0.717, 1.165) is 0 Å². The molecule has 0 fully saturated rings. The van der Waals surface area contributed by atoms with Crippen molar-refractivity contribution in [2.24, 2.45) is 5.92 Å². The van der Waals surface area contributed by atoms with Crippen LogP contribution in [0, 0.1) is 5.92 Å². The van der Waals surface area contributed by atoms with E-state index in [4.69, 9.17) is 0 Å². The van der Waals surface area contributed by atoms with Gasteiger partial charge < -0.3 is 15.4 Å². The molecular weight excluding hydrogens is 334 g/mol. The fourth-order valence-electron chi connectivity index (χ4n) is 2.10. The van der Waals surface area contributed by atoms with E-state index >= 15 is 0 Å². The number of carbonyl (C=O) groups is 3. The van der Waals surface area contributed by atoms with Gasteiger partial charge in [-0.05, 0) is 42.3 Å². The highest BCUT2D eigenvalue weighted by molar-refractivity contribution is 6.05. The number of pyridine rings is 1. The number of anilines is 1. The Balaban J connectivity index is 2.06. The van der Waals surface area contributed by atoms with E-state index in [1.807, 2.05) is 13.8 Å². The van der Waals surface area contributed by atoms with Crippen molar-refractivity contribution in [1.29, 1.82) is 0 Å². The van der Waals surface area contributed by atoms with Gasteiger partial charge in [0.25, 0.3) is 11.8 Å². The van der Waals surface area contributed by atoms with Crippen LogP contribution in [0.4, 0.5) is 5.69 Å². The summed E-state index contributed by atoms with van der Waals surface area (Å²) in [6.07, 6.45) is 1.42. The molecule has 1 aromatic heterocycles. The first-order chi connectivity index (χ1) is 12.4. The van der Waals surface area contributed by atoms with Crippen molar-refractivity contribution in [3.63, 3.8) is 0 Å². The maximum Gasteiger partial charge on any atom is 0.337 e. The molecule has 0 saturated carbocycles. The van der Waals surface area contributed by atoms with Gasteiger partial charge >= 0.3 is 5.97 Å². The van der Waals surface area contributed by atoms with Crippen molar-refractivity contribution in [3.05, 3.63) is 59.4 Å². The Morgan fingerprint density at radius 2 is 1.73 bits per heavy atom. The number of carbonyl (C=O) groups excluding carboxylic acids is 3. The Morgan fingerprint density at radius 3 is 2.35 bits per heavy atom. The third kappa shape index (κ3) is 5.14. The van der Waals surface area contributed by atoms with Crippen molar-refractivity contribution in [2.75, 3.05) is 19.0 Å². The van der Waals surface area contributed by atoms with Gasteiger partial charge in [0.05, 0.1) is 12.7 Å². The number of rotatable bonds is 6. The summed E-state index contributed by atoms with van der Waals surface area (Å²) in [5.74, 6) is -0.826. The molecule has 2 aromatic rings. The topological polar surface area (TPSA) is 97.4 Å². The van der Waals surface area contributed by atoms with Crippen LogP contribution in [0.25, 0.3) is 0 Å². The first-order valence-corrected chi connectivity index (χ1v) is 8.14. The van der Waals surface area contributed by atoms with Gasteiger partial charge in [-0.3, -0.25) is 14.6 Å². The molecular formula is C19H21N3O4. The number of hydrogen-bond acceptors (Lipinski definition) is 5. The number of esters is 1. The SMILES string of the molecule is COC(=O)c1ccc(NC(=O)c2cc(C(=O)NCC(C)C)ccn2)cc1. The Bertz CT molecular complexity index is 801. The second-order valence-electron chi connectivity index (χ2n) is 6.06. The zero-order chi connectivity index (χ0) is 19.1. The molecule has 0 aliphatic rings. The number of nitrogens with zero attached hydrogens (tertiary/aromatic N) is 1. The van der Waals surface area contributed by atoms with Crippen LogP contribution in [0.15, 0.2) is 42.6 Å². The first-order valence-electron chi connectivity index (χ1n) is 8.14. The minimum Gasteiger partial charge on any atom is -0.465 e. The molecule has 0 saturated heterocycles. The maximum atomic E-state index is 12.3. The van der Waals surface area contributed by atoms with Crippen molar-refractivity contribution in [1.82, 2.24) is 10.3 Å². The number of hydrogen-bond donors (Lipinski definition) is 2. The number of amides is 2. The van der Waals surface area contributed by atoms with Crippen LogP contribution in [-0.4, -0.2) is 36.4 Å². The zero-order valence-corrected chi connectivity index (χ0v) is 14.9. The smallest absolute Gasteiger partial charge is 0.337 e. The molecule has 2 rings (SSSR count). The van der Waals surface area contributed by atoms with Gasteiger partial charge in [0, 0.05) is 24.0 Å². The second-order valence-corrected chi connectivity index (χ2v) is 6.06. The predicted octanol–water partition coefficient (Wildman–Crippen LogP) is 2.51. The van der Waals surface area contributed by atoms with E-state index in [-0.39, 0.29) is 11.6 Å². The minimum atomic E-state index is -0.454. The van der Waals surface area contributed by atoms with E-state index in [1.165, 1.54) is 19.4 Å². The molecule has 0 aliphatic carbocycles. The molecule has 0 spiro atoms. The number of aromatic nitrogens is 1. The molecule has 1 aromatic carbocycles. The predicted molar refractivity (Wildman–Crippen MR) is 97.1 cm³/mol. The van der Waals surface area contributed by atoms with Gasteiger partial charge in [-0.1, -0.05) is 13.8 Å². The van der Waals surface area contributed by atoms with Crippen LogP contribution in [0.2, 0.25) is 0 Å². The number of methoxy groups -OCH3 is 1. The highest BCUT2D eigenvalue weighted by atomic mass is 16.5. The van der Waals surface area contributed by atoms with Crippen LogP contribution < -0.4 is 10.6 Å². The molecule has 1 heterocycles. The van der Waals surface area contributed by atoms with Crippen LogP contribution >= 0.6 is 0 Å². The van der Waals surface area contributed by atoms with Crippen molar-refractivity contribution < 1.29 is 19.1 Å². The zero-order valence-electron chi connectivity index (χ0n) is 14.9. The molecule has 136 valence electrons. The molecule has 0 bridgehead atoms. The third-order valence-electron chi connectivity index (χ3n) is 3.49. The number of nitrogens with one attached hydrogen (secondary N) is 2. The fraction of sp³-hybridized carbons (Fsp3) is 0.263. The summed E-state index contributed by atoms with van der Waals surface area (Å²) >= 11 is 0. The second kappa shape index (κ2) is 8.75. The highest BCUT2D eigenvalue weighted by Crippen LogP contribution is 2.12. The largest absolute Gasteiger partial charge is 0.465 e. The lowest BCUT2D eigenvalue weighted by atomic mass is 10.1. The van der Waals surface area contributed by atoms with E-state index in [2.05, 4.69) is 20.4 Å². The van der Waals surface area contributed by atoms with Crippen LogP contribution in [0.5, 0.6) is 0 Å². The lowest BCUT2D eigenvalue weighted by Crippen LogP contribution is -2.27. The van der Waals surface area contributed by atoms with E-state index in [1.54, 1.807) is 30.3 Å². The van der Waals surface area contributed by atoms with E-state index in [0.29, 0.717) is 29.3 Å². The van der Waals surface area contributed by atoms with Crippen molar-refractivity contribution in [3.8, 4) is 0 Å². The van der Waals surface area contributed by atoms with Crippen LogP contribution in [-0.2, 0) is 4.74 Å². The molecule has 26 heavy (non-hydrogen) atoms. The van der Waals surface area contributed by atoms with Gasteiger partial charge in [-0.15, -0.1) is 0 Å². The molecule has 0 atom stereocenters. The van der Waals surface area contributed by atoms with Gasteiger partial charge in [-0.25, -0.2) is 4.79 Å². The third-order valence-corrected chi connectivity index (χ3v) is 3.49. The maximum absolute atomic E-state index is 12.3. The summed E-state index contributed by atoms with van der Waals surface area (Å²) in [5, 5.41) is 5.47. The Kier molecular flexibility index (Phi) is 6.43. The van der Waals surface area contributed by atoms with Gasteiger partial charge in [0.2, 0.25) is 0 Å². The molecule has 2 amide bonds. The van der Waals surface area contributed by atoms with E-state index in [9.17, 15) is 14.4 Å². The minimum absolute atomic E-state index is 0.124. The quantitative estimate of drug-likeness (QED) is 0.776. The highest BCUT2D eigenvalue weighted by Gasteiger charge is 2.13. The summed E-state index contributed by atoms with van der Waals surface area (Å²) in [4.78, 5) is 39.8.